The van der Waals surface area contributed by atoms with Crippen LogP contribution < -0.4 is 5.32 Å². The van der Waals surface area contributed by atoms with Crippen LogP contribution in [-0.4, -0.2) is 29.8 Å². The lowest BCUT2D eigenvalue weighted by Crippen LogP contribution is -2.28. The smallest absolute Gasteiger partial charge is 0.254 e. The van der Waals surface area contributed by atoms with Gasteiger partial charge in [0.2, 0.25) is 5.91 Å². The number of nitrogens with zero attached hydrogens (tertiary/aromatic N) is 1. The van der Waals surface area contributed by atoms with Crippen molar-refractivity contribution in [3.63, 3.8) is 0 Å². The zero-order valence-electron chi connectivity index (χ0n) is 14.7. The molecule has 0 atom stereocenters. The topological polar surface area (TPSA) is 49.4 Å². The zero-order chi connectivity index (χ0) is 18.5. The third-order valence-electron chi connectivity index (χ3n) is 4.49. The first kappa shape index (κ1) is 18.2. The van der Waals surface area contributed by atoms with E-state index in [9.17, 15) is 9.59 Å². The van der Waals surface area contributed by atoms with Gasteiger partial charge in [-0.25, -0.2) is 0 Å². The van der Waals surface area contributed by atoms with E-state index in [-0.39, 0.29) is 11.8 Å². The molecule has 26 heavy (non-hydrogen) atoms. The van der Waals surface area contributed by atoms with E-state index in [1.807, 2.05) is 30.0 Å². The van der Waals surface area contributed by atoms with E-state index in [1.165, 1.54) is 6.08 Å². The SMILES string of the molecule is Cc1c(NC(=O)C=Cc2cccc(Cl)c2)cccc1C(=O)N1CCCC1. The van der Waals surface area contributed by atoms with Crippen molar-refractivity contribution >= 4 is 35.2 Å². The fraction of sp³-hybridized carbons (Fsp3) is 0.238. The van der Waals surface area contributed by atoms with Crippen molar-refractivity contribution in [2.45, 2.75) is 19.8 Å². The molecule has 2 aromatic carbocycles. The van der Waals surface area contributed by atoms with Gasteiger partial charge >= 0.3 is 0 Å². The highest BCUT2D eigenvalue weighted by Crippen LogP contribution is 2.22. The van der Waals surface area contributed by atoms with E-state index < -0.39 is 0 Å². The van der Waals surface area contributed by atoms with Gasteiger partial charge in [0.1, 0.15) is 0 Å². The molecule has 1 fully saturated rings. The maximum absolute atomic E-state index is 12.6. The predicted octanol–water partition coefficient (Wildman–Crippen LogP) is 4.54. The van der Waals surface area contributed by atoms with Crippen molar-refractivity contribution in [2.75, 3.05) is 18.4 Å². The van der Waals surface area contributed by atoms with Crippen molar-refractivity contribution in [2.24, 2.45) is 0 Å². The van der Waals surface area contributed by atoms with Gasteiger partial charge in [-0.1, -0.05) is 29.8 Å². The second-order valence-electron chi connectivity index (χ2n) is 6.36. The maximum atomic E-state index is 12.6. The molecule has 0 aliphatic carbocycles. The van der Waals surface area contributed by atoms with E-state index in [1.54, 1.807) is 30.3 Å². The molecule has 1 N–H and O–H groups in total. The Morgan fingerprint density at radius 1 is 1.12 bits per heavy atom. The van der Waals surface area contributed by atoms with Crippen LogP contribution in [0.15, 0.2) is 48.5 Å². The normalized spacial score (nSPS) is 14.0. The number of carbonyl (C=O) groups is 2. The Hall–Kier alpha value is -2.59. The van der Waals surface area contributed by atoms with Gasteiger partial charge in [-0.3, -0.25) is 9.59 Å². The number of likely N-dealkylation sites (tertiary alicyclic amines) is 1. The van der Waals surface area contributed by atoms with Crippen molar-refractivity contribution in [3.8, 4) is 0 Å². The highest BCUT2D eigenvalue weighted by Gasteiger charge is 2.21. The number of amides is 2. The van der Waals surface area contributed by atoms with Gasteiger partial charge in [0.15, 0.2) is 0 Å². The van der Waals surface area contributed by atoms with E-state index in [0.717, 1.165) is 37.1 Å². The molecule has 5 heteroatoms. The lowest BCUT2D eigenvalue weighted by molar-refractivity contribution is -0.111. The number of benzene rings is 2. The molecule has 1 aliphatic heterocycles. The molecule has 0 saturated carbocycles. The first-order chi connectivity index (χ1) is 12.5. The molecule has 0 aromatic heterocycles. The number of anilines is 1. The van der Waals surface area contributed by atoms with Gasteiger partial charge < -0.3 is 10.2 Å². The van der Waals surface area contributed by atoms with Gasteiger partial charge in [-0.2, -0.15) is 0 Å². The number of hydrogen-bond donors (Lipinski definition) is 1. The van der Waals surface area contributed by atoms with Crippen molar-refractivity contribution in [1.82, 2.24) is 4.90 Å². The summed E-state index contributed by atoms with van der Waals surface area (Å²) in [6.07, 6.45) is 5.26. The van der Waals surface area contributed by atoms with E-state index in [4.69, 9.17) is 11.6 Å². The molecule has 0 unspecified atom stereocenters. The van der Waals surface area contributed by atoms with Crippen LogP contribution in [0.3, 0.4) is 0 Å². The van der Waals surface area contributed by atoms with Crippen molar-refractivity contribution < 1.29 is 9.59 Å². The number of halogens is 1. The van der Waals surface area contributed by atoms with Crippen molar-refractivity contribution in [1.29, 1.82) is 0 Å². The molecule has 0 radical (unpaired) electrons. The quantitative estimate of drug-likeness (QED) is 0.805. The molecule has 4 nitrogen and oxygen atoms in total. The van der Waals surface area contributed by atoms with Gasteiger partial charge in [0, 0.05) is 35.4 Å². The third kappa shape index (κ3) is 4.33. The second kappa shape index (κ2) is 8.19. The van der Waals surface area contributed by atoms with Crippen molar-refractivity contribution in [3.05, 3.63) is 70.3 Å². The summed E-state index contributed by atoms with van der Waals surface area (Å²) in [5.41, 5.74) is 2.93. The predicted molar refractivity (Wildman–Crippen MR) is 105 cm³/mol. The number of nitrogens with one attached hydrogen (secondary N) is 1. The molecular formula is C21H21ClN2O2. The fourth-order valence-electron chi connectivity index (χ4n) is 3.05. The Morgan fingerprint density at radius 3 is 2.58 bits per heavy atom. The Bertz CT molecular complexity index is 855. The van der Waals surface area contributed by atoms with E-state index in [0.29, 0.717) is 16.3 Å². The second-order valence-corrected chi connectivity index (χ2v) is 6.79. The first-order valence-electron chi connectivity index (χ1n) is 8.68. The minimum absolute atomic E-state index is 0.0329. The van der Waals surface area contributed by atoms with Crippen LogP contribution in [-0.2, 0) is 4.79 Å². The zero-order valence-corrected chi connectivity index (χ0v) is 15.4. The van der Waals surface area contributed by atoms with Gasteiger partial charge in [0.05, 0.1) is 0 Å². The number of hydrogen-bond acceptors (Lipinski definition) is 2. The highest BCUT2D eigenvalue weighted by molar-refractivity contribution is 6.30. The Morgan fingerprint density at radius 2 is 1.85 bits per heavy atom. The molecule has 0 bridgehead atoms. The monoisotopic (exact) mass is 368 g/mol. The summed E-state index contributed by atoms with van der Waals surface area (Å²) in [6.45, 7) is 3.47. The fourth-order valence-corrected chi connectivity index (χ4v) is 3.25. The summed E-state index contributed by atoms with van der Waals surface area (Å²) in [5, 5.41) is 3.47. The van der Waals surface area contributed by atoms with Gasteiger partial charge in [-0.05, 0) is 61.2 Å². The molecule has 1 aliphatic rings. The molecule has 3 rings (SSSR count). The number of rotatable bonds is 4. The lowest BCUT2D eigenvalue weighted by Gasteiger charge is -2.18. The Balaban J connectivity index is 1.72. The summed E-state index contributed by atoms with van der Waals surface area (Å²) in [6, 6.07) is 12.7. The van der Waals surface area contributed by atoms with Crippen LogP contribution in [0.25, 0.3) is 6.08 Å². The van der Waals surface area contributed by atoms with Crippen LogP contribution in [0.4, 0.5) is 5.69 Å². The molecule has 1 heterocycles. The molecule has 2 aromatic rings. The molecule has 0 spiro atoms. The Labute approximate surface area is 158 Å². The van der Waals surface area contributed by atoms with Crippen LogP contribution in [0, 0.1) is 6.92 Å². The lowest BCUT2D eigenvalue weighted by atomic mass is 10.1. The Kier molecular flexibility index (Phi) is 5.74. The van der Waals surface area contributed by atoms with Gasteiger partial charge in [0.25, 0.3) is 5.91 Å². The summed E-state index contributed by atoms with van der Waals surface area (Å²) in [5.74, 6) is -0.218. The standard InChI is InChI=1S/C21H21ClN2O2/c1-15-18(21(26)24-12-2-3-13-24)8-5-9-19(15)23-20(25)11-10-16-6-4-7-17(22)14-16/h4-11,14H,2-3,12-13H2,1H3,(H,23,25). The molecule has 2 amide bonds. The molecule has 134 valence electrons. The number of carbonyl (C=O) groups excluding carboxylic acids is 2. The minimum Gasteiger partial charge on any atom is -0.339 e. The summed E-state index contributed by atoms with van der Waals surface area (Å²) < 4.78 is 0. The van der Waals surface area contributed by atoms with E-state index >= 15 is 0 Å². The van der Waals surface area contributed by atoms with Crippen LogP contribution >= 0.6 is 11.6 Å². The largest absolute Gasteiger partial charge is 0.339 e. The molecular weight excluding hydrogens is 348 g/mol. The highest BCUT2D eigenvalue weighted by atomic mass is 35.5. The average Bonchev–Trinajstić information content (AvgIpc) is 3.16. The third-order valence-corrected chi connectivity index (χ3v) is 4.73. The van der Waals surface area contributed by atoms with E-state index in [2.05, 4.69) is 5.32 Å². The average molecular weight is 369 g/mol. The maximum Gasteiger partial charge on any atom is 0.254 e. The summed E-state index contributed by atoms with van der Waals surface area (Å²) in [4.78, 5) is 26.7. The van der Waals surface area contributed by atoms with Gasteiger partial charge in [-0.15, -0.1) is 0 Å². The first-order valence-corrected chi connectivity index (χ1v) is 9.06. The summed E-state index contributed by atoms with van der Waals surface area (Å²) in [7, 11) is 0. The van der Waals surface area contributed by atoms with Crippen LogP contribution in [0.5, 0.6) is 0 Å². The van der Waals surface area contributed by atoms with Crippen LogP contribution in [0.1, 0.15) is 34.3 Å². The molecule has 1 saturated heterocycles. The van der Waals surface area contributed by atoms with Crippen LogP contribution in [0.2, 0.25) is 5.02 Å². The minimum atomic E-state index is -0.251. The summed E-state index contributed by atoms with van der Waals surface area (Å²) >= 11 is 5.94.